The summed E-state index contributed by atoms with van der Waals surface area (Å²) in [5.74, 6) is 0.279. The van der Waals surface area contributed by atoms with Gasteiger partial charge in [0.05, 0.1) is 11.0 Å². The Morgan fingerprint density at radius 3 is 2.33 bits per heavy atom. The highest BCUT2D eigenvalue weighted by atomic mass is 15.4. The van der Waals surface area contributed by atoms with Crippen LogP contribution in [0.25, 0.3) is 60.6 Å². The molecule has 1 aromatic heterocycles. The maximum atomic E-state index is 7.41. The quantitative estimate of drug-likeness (QED) is 0.202. The van der Waals surface area contributed by atoms with Crippen molar-refractivity contribution >= 4 is 55.6 Å². The molecule has 0 saturated heterocycles. The van der Waals surface area contributed by atoms with Gasteiger partial charge in [0.25, 0.3) is 0 Å². The first-order valence-corrected chi connectivity index (χ1v) is 12.5. The molecular weight excluding hydrogens is 438 g/mol. The van der Waals surface area contributed by atoms with Crippen molar-refractivity contribution < 1.29 is 0 Å². The molecule has 1 atom stereocenters. The third-order valence-corrected chi connectivity index (χ3v) is 8.04. The second-order valence-electron chi connectivity index (χ2n) is 9.72. The molecule has 0 bridgehead atoms. The van der Waals surface area contributed by atoms with Crippen LogP contribution in [0.5, 0.6) is 0 Å². The van der Waals surface area contributed by atoms with Gasteiger partial charge in [-0.2, -0.15) is 0 Å². The van der Waals surface area contributed by atoms with Gasteiger partial charge in [0.15, 0.2) is 0 Å². The molecule has 3 nitrogen and oxygen atoms in total. The highest BCUT2D eigenvalue weighted by Crippen LogP contribution is 2.54. The van der Waals surface area contributed by atoms with Crippen molar-refractivity contribution in [1.82, 2.24) is 4.68 Å². The highest BCUT2D eigenvalue weighted by Gasteiger charge is 2.33. The number of benzene rings is 5. The van der Waals surface area contributed by atoms with E-state index >= 15 is 0 Å². The number of hydrogen-bond acceptors (Lipinski definition) is 2. The largest absolute Gasteiger partial charge is 0.309 e. The molecule has 170 valence electrons. The molecule has 0 spiro atoms. The zero-order chi connectivity index (χ0) is 23.8. The van der Waals surface area contributed by atoms with Gasteiger partial charge in [0, 0.05) is 29.1 Å². The number of aromatic nitrogens is 1. The van der Waals surface area contributed by atoms with Crippen molar-refractivity contribution in [2.45, 2.75) is 12.3 Å². The van der Waals surface area contributed by atoms with Crippen LogP contribution in [0.3, 0.4) is 0 Å². The van der Waals surface area contributed by atoms with Crippen LogP contribution in [-0.2, 0) is 0 Å². The monoisotopic (exact) mass is 461 g/mol. The standard InChI is InChI=1S/C33H23N3/c34-18-7-19-35-36-27-15-6-14-26-31-24-12-4-2-10-22(24)21-9-1-3-11-23(21)30(31)25-13-5-8-20-16-17-28(36)33(29(20)25)32(26)27/h1-12,14-19,25,34-35H,13H2/b19-7-,34-18?. The maximum Gasteiger partial charge on any atom is 0.0716 e. The van der Waals surface area contributed by atoms with E-state index in [1.807, 2.05) is 6.20 Å². The van der Waals surface area contributed by atoms with E-state index in [-0.39, 0.29) is 5.92 Å². The van der Waals surface area contributed by atoms with Gasteiger partial charge in [-0.05, 0) is 74.0 Å². The summed E-state index contributed by atoms with van der Waals surface area (Å²) in [5, 5.41) is 15.4. The van der Waals surface area contributed by atoms with Gasteiger partial charge in [-0.15, -0.1) is 0 Å². The first-order valence-electron chi connectivity index (χ1n) is 12.5. The summed E-state index contributed by atoms with van der Waals surface area (Å²) in [6.45, 7) is 0. The van der Waals surface area contributed by atoms with Gasteiger partial charge in [0.2, 0.25) is 0 Å². The number of hydrogen-bond donors (Lipinski definition) is 2. The van der Waals surface area contributed by atoms with Crippen LogP contribution < -0.4 is 5.43 Å². The lowest BCUT2D eigenvalue weighted by Crippen LogP contribution is -2.10. The lowest BCUT2D eigenvalue weighted by molar-refractivity contribution is 0.839. The summed E-state index contributed by atoms with van der Waals surface area (Å²) in [6, 6.07) is 29.1. The topological polar surface area (TPSA) is 40.8 Å². The van der Waals surface area contributed by atoms with Crippen LogP contribution in [0.1, 0.15) is 29.0 Å². The molecule has 1 heterocycles. The number of rotatable bonds is 3. The smallest absolute Gasteiger partial charge is 0.0716 e. The van der Waals surface area contributed by atoms with Gasteiger partial charge < -0.3 is 10.8 Å². The predicted molar refractivity (Wildman–Crippen MR) is 153 cm³/mol. The summed E-state index contributed by atoms with van der Waals surface area (Å²) < 4.78 is 2.18. The summed E-state index contributed by atoms with van der Waals surface area (Å²) >= 11 is 0. The minimum absolute atomic E-state index is 0.279. The van der Waals surface area contributed by atoms with Crippen LogP contribution in [0.2, 0.25) is 0 Å². The van der Waals surface area contributed by atoms with Crippen LogP contribution in [0.15, 0.2) is 97.2 Å². The normalized spacial score (nSPS) is 15.8. The van der Waals surface area contributed by atoms with Crippen LogP contribution in [0, 0.1) is 5.41 Å². The molecule has 8 rings (SSSR count). The average Bonchev–Trinajstić information content (AvgIpc) is 3.18. The van der Waals surface area contributed by atoms with Gasteiger partial charge in [-0.25, -0.2) is 0 Å². The number of nitrogens with zero attached hydrogens (tertiary/aromatic N) is 1. The van der Waals surface area contributed by atoms with E-state index in [0.29, 0.717) is 0 Å². The average molecular weight is 462 g/mol. The Morgan fingerprint density at radius 1 is 0.750 bits per heavy atom. The second kappa shape index (κ2) is 7.19. The van der Waals surface area contributed by atoms with E-state index in [0.717, 1.165) is 11.9 Å². The van der Waals surface area contributed by atoms with E-state index in [2.05, 4.69) is 101 Å². The SMILES string of the molecule is N=C/C=C\Nn1c2cccc3c2c2c4c(ccc21)C=CCC4c1c-3c2ccccc2c2ccccc12. The van der Waals surface area contributed by atoms with E-state index in [9.17, 15) is 0 Å². The lowest BCUT2D eigenvalue weighted by atomic mass is 9.76. The Morgan fingerprint density at radius 2 is 1.50 bits per heavy atom. The summed E-state index contributed by atoms with van der Waals surface area (Å²) in [5.41, 5.74) is 12.6. The van der Waals surface area contributed by atoms with E-state index in [1.54, 1.807) is 6.08 Å². The van der Waals surface area contributed by atoms with Crippen molar-refractivity contribution in [3.05, 3.63) is 114 Å². The van der Waals surface area contributed by atoms with Crippen LogP contribution >= 0.6 is 0 Å². The fourth-order valence-corrected chi connectivity index (χ4v) is 6.76. The Kier molecular flexibility index (Phi) is 3.92. The number of fused-ring (bicyclic) bond motifs is 8. The van der Waals surface area contributed by atoms with Crippen molar-refractivity contribution in [2.24, 2.45) is 0 Å². The summed E-state index contributed by atoms with van der Waals surface area (Å²) in [4.78, 5) is 0. The number of nitrogens with one attached hydrogen (secondary N) is 2. The molecule has 5 aromatic carbocycles. The van der Waals surface area contributed by atoms with Crippen LogP contribution in [-0.4, -0.2) is 10.9 Å². The zero-order valence-electron chi connectivity index (χ0n) is 19.6. The fourth-order valence-electron chi connectivity index (χ4n) is 6.76. The molecule has 0 radical (unpaired) electrons. The predicted octanol–water partition coefficient (Wildman–Crippen LogP) is 8.34. The zero-order valence-corrected chi connectivity index (χ0v) is 19.6. The molecule has 2 N–H and O–H groups in total. The van der Waals surface area contributed by atoms with Crippen molar-refractivity contribution in [3.8, 4) is 11.1 Å². The molecule has 0 aliphatic heterocycles. The molecule has 0 fully saturated rings. The summed E-state index contributed by atoms with van der Waals surface area (Å²) in [7, 11) is 0. The van der Waals surface area contributed by atoms with E-state index in [4.69, 9.17) is 5.41 Å². The lowest BCUT2D eigenvalue weighted by Gasteiger charge is -2.27. The minimum atomic E-state index is 0.279. The molecule has 6 aromatic rings. The van der Waals surface area contributed by atoms with Crippen molar-refractivity contribution in [2.75, 3.05) is 5.43 Å². The molecule has 2 aliphatic rings. The van der Waals surface area contributed by atoms with Gasteiger partial charge in [-0.1, -0.05) is 78.9 Å². The molecule has 0 saturated carbocycles. The Labute approximate surface area is 208 Å². The fraction of sp³-hybridized carbons (Fsp3) is 0.0606. The Balaban J connectivity index is 1.65. The maximum absolute atomic E-state index is 7.41. The second-order valence-corrected chi connectivity index (χ2v) is 9.72. The van der Waals surface area contributed by atoms with Gasteiger partial charge >= 0.3 is 0 Å². The first kappa shape index (κ1) is 19.7. The molecule has 0 amide bonds. The molecule has 36 heavy (non-hydrogen) atoms. The Hall–Kier alpha value is -4.63. The molecule has 2 aliphatic carbocycles. The number of allylic oxidation sites excluding steroid dienone is 2. The van der Waals surface area contributed by atoms with Gasteiger partial charge in [-0.3, -0.25) is 4.68 Å². The van der Waals surface area contributed by atoms with Crippen LogP contribution in [0.4, 0.5) is 0 Å². The van der Waals surface area contributed by atoms with Crippen molar-refractivity contribution in [1.29, 1.82) is 5.41 Å². The molecular formula is C33H23N3. The van der Waals surface area contributed by atoms with Crippen molar-refractivity contribution in [3.63, 3.8) is 0 Å². The minimum Gasteiger partial charge on any atom is -0.309 e. The third-order valence-electron chi connectivity index (χ3n) is 8.04. The highest BCUT2D eigenvalue weighted by molar-refractivity contribution is 6.24. The van der Waals surface area contributed by atoms with Gasteiger partial charge in [0.1, 0.15) is 0 Å². The Bertz CT molecular complexity index is 1970. The van der Waals surface area contributed by atoms with E-state index in [1.165, 1.54) is 71.9 Å². The van der Waals surface area contributed by atoms with E-state index < -0.39 is 0 Å². The third kappa shape index (κ3) is 2.39. The first-order chi connectivity index (χ1) is 17.9. The molecule has 1 unspecified atom stereocenters. The summed E-state index contributed by atoms with van der Waals surface area (Å²) in [6.07, 6.45) is 10.5. The molecule has 3 heteroatoms.